The second-order valence-corrected chi connectivity index (χ2v) is 8.06. The summed E-state index contributed by atoms with van der Waals surface area (Å²) in [6.07, 6.45) is 1.71. The number of carbonyl (C=O) groups is 1. The van der Waals surface area contributed by atoms with Crippen molar-refractivity contribution in [3.05, 3.63) is 52.1 Å². The smallest absolute Gasteiger partial charge is 0.293 e. The van der Waals surface area contributed by atoms with Crippen LogP contribution >= 0.6 is 0 Å². The number of nitrogens with one attached hydrogen (secondary N) is 1. The first-order valence-corrected chi connectivity index (χ1v) is 11.4. The van der Waals surface area contributed by atoms with Crippen LogP contribution < -0.4 is 19.7 Å². The van der Waals surface area contributed by atoms with Crippen LogP contribution in [-0.4, -0.2) is 62.2 Å². The summed E-state index contributed by atoms with van der Waals surface area (Å²) in [7, 11) is 2.03. The van der Waals surface area contributed by atoms with Crippen molar-refractivity contribution in [2.45, 2.75) is 26.7 Å². The number of piperazine rings is 1. The fourth-order valence-electron chi connectivity index (χ4n) is 3.57. The summed E-state index contributed by atoms with van der Waals surface area (Å²) < 4.78 is 11.5. The molecule has 1 aliphatic rings. The molecule has 9 heteroatoms. The Labute approximate surface area is 194 Å². The van der Waals surface area contributed by atoms with Gasteiger partial charge in [0.1, 0.15) is 5.69 Å². The van der Waals surface area contributed by atoms with Crippen molar-refractivity contribution in [2.24, 2.45) is 0 Å². The molecule has 1 aliphatic heterocycles. The molecule has 0 bridgehead atoms. The summed E-state index contributed by atoms with van der Waals surface area (Å²) in [5, 5.41) is 14.5. The molecule has 0 atom stereocenters. The molecule has 0 unspecified atom stereocenters. The second-order valence-electron chi connectivity index (χ2n) is 8.06. The monoisotopic (exact) mass is 456 g/mol. The van der Waals surface area contributed by atoms with E-state index in [0.29, 0.717) is 49.2 Å². The van der Waals surface area contributed by atoms with Crippen LogP contribution in [0.4, 0.5) is 17.1 Å². The van der Waals surface area contributed by atoms with Gasteiger partial charge in [0, 0.05) is 49.6 Å². The molecule has 0 spiro atoms. The Morgan fingerprint density at radius 3 is 2.30 bits per heavy atom. The van der Waals surface area contributed by atoms with Crippen LogP contribution in [0.15, 0.2) is 36.4 Å². The van der Waals surface area contributed by atoms with Gasteiger partial charge < -0.3 is 24.6 Å². The Morgan fingerprint density at radius 1 is 1.00 bits per heavy atom. The number of likely N-dealkylation sites (N-methyl/N-ethyl adjacent to an activating group) is 1. The minimum Gasteiger partial charge on any atom is -0.490 e. The molecule has 1 heterocycles. The lowest BCUT2D eigenvalue weighted by Gasteiger charge is -2.33. The Bertz CT molecular complexity index is 973. The van der Waals surface area contributed by atoms with E-state index in [9.17, 15) is 14.9 Å². The summed E-state index contributed by atoms with van der Waals surface area (Å²) in [5.41, 5.74) is 1.22. The predicted molar refractivity (Wildman–Crippen MR) is 129 cm³/mol. The number of ether oxygens (including phenoxy) is 2. The average molecular weight is 457 g/mol. The predicted octanol–water partition coefficient (Wildman–Crippen LogP) is 4.18. The van der Waals surface area contributed by atoms with Crippen LogP contribution in [0, 0.1) is 10.1 Å². The zero-order valence-electron chi connectivity index (χ0n) is 19.5. The Balaban J connectivity index is 1.79. The first-order valence-electron chi connectivity index (χ1n) is 11.4. The molecule has 3 rings (SSSR count). The van der Waals surface area contributed by atoms with Crippen molar-refractivity contribution in [3.8, 4) is 11.5 Å². The SMILES string of the molecule is CCCOc1ccc(NC(=O)c2ccc(N3CCN(C)CC3)c([N+](=O)[O-])c2)cc1OCCC. The van der Waals surface area contributed by atoms with Crippen LogP contribution in [0.25, 0.3) is 0 Å². The number of nitro benzene ring substituents is 1. The van der Waals surface area contributed by atoms with Gasteiger partial charge in [-0.05, 0) is 44.2 Å². The molecule has 1 saturated heterocycles. The third-order valence-electron chi connectivity index (χ3n) is 5.40. The van der Waals surface area contributed by atoms with Gasteiger partial charge in [0.05, 0.1) is 18.1 Å². The Kier molecular flexibility index (Phi) is 8.48. The minimum absolute atomic E-state index is 0.0671. The minimum atomic E-state index is -0.430. The number of hydrogen-bond donors (Lipinski definition) is 1. The number of nitro groups is 1. The van der Waals surface area contributed by atoms with Gasteiger partial charge in [-0.2, -0.15) is 0 Å². The lowest BCUT2D eigenvalue weighted by atomic mass is 10.1. The van der Waals surface area contributed by atoms with Gasteiger partial charge in [0.25, 0.3) is 11.6 Å². The van der Waals surface area contributed by atoms with E-state index in [0.717, 1.165) is 25.9 Å². The molecule has 1 amide bonds. The molecule has 2 aromatic carbocycles. The van der Waals surface area contributed by atoms with Crippen LogP contribution in [0.5, 0.6) is 11.5 Å². The fourth-order valence-corrected chi connectivity index (χ4v) is 3.57. The largest absolute Gasteiger partial charge is 0.490 e. The molecule has 1 N–H and O–H groups in total. The molecule has 178 valence electrons. The zero-order valence-corrected chi connectivity index (χ0v) is 19.5. The molecular weight excluding hydrogens is 424 g/mol. The highest BCUT2D eigenvalue weighted by molar-refractivity contribution is 6.05. The van der Waals surface area contributed by atoms with E-state index in [1.807, 2.05) is 25.8 Å². The highest BCUT2D eigenvalue weighted by Gasteiger charge is 2.24. The van der Waals surface area contributed by atoms with Crippen molar-refractivity contribution < 1.29 is 19.2 Å². The topological polar surface area (TPSA) is 97.2 Å². The van der Waals surface area contributed by atoms with Crippen molar-refractivity contribution in [1.29, 1.82) is 0 Å². The van der Waals surface area contributed by atoms with E-state index in [2.05, 4.69) is 10.2 Å². The molecule has 1 fully saturated rings. The summed E-state index contributed by atoms with van der Waals surface area (Å²) in [5.74, 6) is 0.752. The summed E-state index contributed by atoms with van der Waals surface area (Å²) in [6.45, 7) is 8.20. The summed E-state index contributed by atoms with van der Waals surface area (Å²) in [4.78, 5) is 28.4. The third-order valence-corrected chi connectivity index (χ3v) is 5.40. The van der Waals surface area contributed by atoms with Gasteiger partial charge in [0.15, 0.2) is 11.5 Å². The summed E-state index contributed by atoms with van der Waals surface area (Å²) in [6, 6.07) is 9.84. The number of rotatable bonds is 10. The molecule has 0 aromatic heterocycles. The lowest BCUT2D eigenvalue weighted by molar-refractivity contribution is -0.384. The van der Waals surface area contributed by atoms with Gasteiger partial charge in [-0.15, -0.1) is 0 Å². The highest BCUT2D eigenvalue weighted by Crippen LogP contribution is 2.33. The summed E-state index contributed by atoms with van der Waals surface area (Å²) >= 11 is 0. The maximum Gasteiger partial charge on any atom is 0.293 e. The van der Waals surface area contributed by atoms with Crippen molar-refractivity contribution in [1.82, 2.24) is 4.90 Å². The van der Waals surface area contributed by atoms with Crippen LogP contribution in [-0.2, 0) is 0 Å². The van der Waals surface area contributed by atoms with E-state index >= 15 is 0 Å². The van der Waals surface area contributed by atoms with Gasteiger partial charge in [-0.1, -0.05) is 13.8 Å². The Morgan fingerprint density at radius 2 is 1.67 bits per heavy atom. The van der Waals surface area contributed by atoms with Crippen LogP contribution in [0.3, 0.4) is 0 Å². The molecule has 9 nitrogen and oxygen atoms in total. The number of nitrogens with zero attached hydrogens (tertiary/aromatic N) is 3. The van der Waals surface area contributed by atoms with E-state index < -0.39 is 10.8 Å². The Hall–Kier alpha value is -3.33. The first kappa shape index (κ1) is 24.3. The van der Waals surface area contributed by atoms with Gasteiger partial charge in [-0.25, -0.2) is 0 Å². The molecular formula is C24H32N4O5. The average Bonchev–Trinajstić information content (AvgIpc) is 2.82. The van der Waals surface area contributed by atoms with E-state index in [1.165, 1.54) is 6.07 Å². The van der Waals surface area contributed by atoms with Gasteiger partial charge in [-0.3, -0.25) is 14.9 Å². The number of carbonyl (C=O) groups excluding carboxylic acids is 1. The molecule has 0 aliphatic carbocycles. The second kappa shape index (κ2) is 11.5. The maximum atomic E-state index is 12.9. The highest BCUT2D eigenvalue weighted by atomic mass is 16.6. The number of anilines is 2. The fraction of sp³-hybridized carbons (Fsp3) is 0.458. The van der Waals surface area contributed by atoms with Crippen molar-refractivity contribution in [2.75, 3.05) is 56.7 Å². The van der Waals surface area contributed by atoms with Crippen LogP contribution in [0.1, 0.15) is 37.0 Å². The third kappa shape index (κ3) is 6.35. The molecule has 0 saturated carbocycles. The van der Waals surface area contributed by atoms with E-state index in [4.69, 9.17) is 9.47 Å². The molecule has 33 heavy (non-hydrogen) atoms. The first-order chi connectivity index (χ1) is 15.9. The van der Waals surface area contributed by atoms with E-state index in [1.54, 1.807) is 30.3 Å². The van der Waals surface area contributed by atoms with Crippen LogP contribution in [0.2, 0.25) is 0 Å². The van der Waals surface area contributed by atoms with Crippen molar-refractivity contribution in [3.63, 3.8) is 0 Å². The number of hydrogen-bond acceptors (Lipinski definition) is 7. The van der Waals surface area contributed by atoms with Gasteiger partial charge >= 0.3 is 0 Å². The normalized spacial score (nSPS) is 14.1. The lowest BCUT2D eigenvalue weighted by Crippen LogP contribution is -2.44. The quantitative estimate of drug-likeness (QED) is 0.423. The van der Waals surface area contributed by atoms with E-state index in [-0.39, 0.29) is 11.3 Å². The molecule has 2 aromatic rings. The standard InChI is InChI=1S/C24H32N4O5/c1-4-14-32-22-9-7-19(17-23(22)33-15-5-2)25-24(29)18-6-8-20(21(16-18)28(30)31)27-12-10-26(3)11-13-27/h6-9,16-17H,4-5,10-15H2,1-3H3,(H,25,29). The van der Waals surface area contributed by atoms with Gasteiger partial charge in [0.2, 0.25) is 0 Å². The molecule has 0 radical (unpaired) electrons. The zero-order chi connectivity index (χ0) is 23.8. The number of benzene rings is 2. The van der Waals surface area contributed by atoms with Crippen molar-refractivity contribution >= 4 is 23.0 Å². The number of amides is 1. The maximum absolute atomic E-state index is 12.9.